The summed E-state index contributed by atoms with van der Waals surface area (Å²) in [5, 5.41) is 0.601. The van der Waals surface area contributed by atoms with Crippen LogP contribution in [0.15, 0.2) is 60.7 Å². The Bertz CT molecular complexity index is 1070. The number of primary amides is 1. The highest BCUT2D eigenvalue weighted by Gasteiger charge is 2.15. The van der Waals surface area contributed by atoms with Crippen molar-refractivity contribution in [2.45, 2.75) is 0 Å². The molecule has 0 aliphatic carbocycles. The summed E-state index contributed by atoms with van der Waals surface area (Å²) < 4.78 is 23.8. The summed E-state index contributed by atoms with van der Waals surface area (Å²) in [7, 11) is -2.75. The second-order valence-electron chi connectivity index (χ2n) is 5.80. The number of halogens is 1. The van der Waals surface area contributed by atoms with Crippen LogP contribution in [-0.2, 0) is 10.9 Å². The van der Waals surface area contributed by atoms with E-state index >= 15 is 0 Å². The predicted molar refractivity (Wildman–Crippen MR) is 109 cm³/mol. The molecule has 3 rings (SSSR count). The summed E-state index contributed by atoms with van der Waals surface area (Å²) in [4.78, 5) is 11.9. The van der Waals surface area contributed by atoms with Crippen LogP contribution in [0.1, 0.15) is 10.4 Å². The van der Waals surface area contributed by atoms with Crippen molar-refractivity contribution in [2.75, 3.05) is 10.5 Å². The van der Waals surface area contributed by atoms with Gasteiger partial charge in [0.15, 0.2) is 0 Å². The molecule has 0 spiro atoms. The van der Waals surface area contributed by atoms with Crippen LogP contribution in [0.5, 0.6) is 0 Å². The molecule has 3 aromatic carbocycles. The van der Waals surface area contributed by atoms with E-state index in [0.717, 1.165) is 16.7 Å². The van der Waals surface area contributed by atoms with Crippen LogP contribution in [0.3, 0.4) is 0 Å². The maximum Gasteiger partial charge on any atom is 0.250 e. The summed E-state index contributed by atoms with van der Waals surface area (Å²) in [5.74, 6) is -0.633. The Hall–Kier alpha value is -3.03. The van der Waals surface area contributed by atoms with Gasteiger partial charge in [-0.15, -0.1) is 0 Å². The summed E-state index contributed by atoms with van der Waals surface area (Å²) in [5.41, 5.74) is 15.5. The van der Waals surface area contributed by atoms with E-state index in [9.17, 15) is 13.2 Å². The fourth-order valence-electron chi connectivity index (χ4n) is 2.73. The molecule has 0 saturated heterocycles. The molecule has 0 atom stereocenters. The van der Waals surface area contributed by atoms with Crippen molar-refractivity contribution >= 4 is 39.8 Å². The number of hydrogen-bond acceptors (Lipinski definition) is 4. The molecule has 0 fully saturated rings. The van der Waals surface area contributed by atoms with E-state index in [0.29, 0.717) is 16.3 Å². The number of anilines is 2. The van der Waals surface area contributed by atoms with Crippen LogP contribution in [0, 0.1) is 0 Å². The maximum atomic E-state index is 11.9. The van der Waals surface area contributed by atoms with Crippen molar-refractivity contribution < 1.29 is 13.2 Å². The number of nitrogens with two attached hydrogens (primary N) is 2. The normalized spacial score (nSPS) is 10.7. The van der Waals surface area contributed by atoms with Crippen molar-refractivity contribution in [2.24, 2.45) is 5.73 Å². The Balaban J connectivity index is 2.13. The van der Waals surface area contributed by atoms with Crippen LogP contribution in [0.4, 0.5) is 11.4 Å². The summed E-state index contributed by atoms with van der Waals surface area (Å²) in [6.07, 6.45) is 0. The van der Waals surface area contributed by atoms with Gasteiger partial charge in [-0.1, -0.05) is 35.9 Å². The molecule has 3 aromatic rings. The van der Waals surface area contributed by atoms with Gasteiger partial charge < -0.3 is 11.5 Å². The molecular formula is C19H16ClN3O3S. The molecule has 6 nitrogen and oxygen atoms in total. The third kappa shape index (κ3) is 4.21. The maximum absolute atomic E-state index is 11.9. The minimum Gasteiger partial charge on any atom is -0.398 e. The Morgan fingerprint density at radius 2 is 1.48 bits per heavy atom. The predicted octanol–water partition coefficient (Wildman–Crippen LogP) is 3.29. The first-order chi connectivity index (χ1) is 12.8. The van der Waals surface area contributed by atoms with Crippen LogP contribution >= 0.6 is 11.6 Å². The molecule has 138 valence electrons. The number of carbonyl (C=O) groups excluding carboxylic acids is 1. The van der Waals surface area contributed by atoms with Gasteiger partial charge in [-0.3, -0.25) is 9.52 Å². The van der Waals surface area contributed by atoms with Crippen LogP contribution in [0.25, 0.3) is 22.3 Å². The second-order valence-corrected chi connectivity index (χ2v) is 6.98. The summed E-state index contributed by atoms with van der Waals surface area (Å²) in [6.45, 7) is 0. The first kappa shape index (κ1) is 18.8. The fraction of sp³-hybridized carbons (Fsp3) is 0. The Morgan fingerprint density at radius 3 is 2.04 bits per heavy atom. The molecule has 0 aliphatic heterocycles. The molecule has 0 saturated carbocycles. The quantitative estimate of drug-likeness (QED) is 0.387. The van der Waals surface area contributed by atoms with Crippen molar-refractivity contribution in [3.8, 4) is 22.3 Å². The van der Waals surface area contributed by atoms with Gasteiger partial charge in [-0.05, 0) is 53.1 Å². The topological polar surface area (TPSA) is 115 Å². The summed E-state index contributed by atoms with van der Waals surface area (Å²) >= 11 is 5.94. The SMILES string of the molecule is NC(=O)c1cc(-c2ccc(Cl)cc2)cc(-c2ccc(N[SH](=O)=O)cc2)c1N. The van der Waals surface area contributed by atoms with Gasteiger partial charge in [0.2, 0.25) is 10.9 Å². The van der Waals surface area contributed by atoms with Crippen LogP contribution < -0.4 is 16.2 Å². The lowest BCUT2D eigenvalue weighted by molar-refractivity contribution is 0.100. The first-order valence-corrected chi connectivity index (χ1v) is 9.41. The number of nitrogens with one attached hydrogen (secondary N) is 1. The lowest BCUT2D eigenvalue weighted by Crippen LogP contribution is -2.14. The highest BCUT2D eigenvalue weighted by atomic mass is 35.5. The van der Waals surface area contributed by atoms with Crippen LogP contribution in [0.2, 0.25) is 5.02 Å². The molecule has 27 heavy (non-hydrogen) atoms. The zero-order chi connectivity index (χ0) is 19.6. The molecule has 0 unspecified atom stereocenters. The van der Waals surface area contributed by atoms with E-state index < -0.39 is 16.8 Å². The van der Waals surface area contributed by atoms with Crippen molar-refractivity contribution in [1.29, 1.82) is 0 Å². The second kappa shape index (κ2) is 7.69. The molecular weight excluding hydrogens is 386 g/mol. The number of carbonyl (C=O) groups is 1. The lowest BCUT2D eigenvalue weighted by Gasteiger charge is -2.14. The number of benzene rings is 3. The van der Waals surface area contributed by atoms with Gasteiger partial charge in [-0.25, -0.2) is 8.42 Å². The minimum atomic E-state index is -2.75. The molecule has 0 bridgehead atoms. The number of rotatable bonds is 5. The molecule has 1 amide bonds. The third-order valence-electron chi connectivity index (χ3n) is 4.04. The lowest BCUT2D eigenvalue weighted by atomic mass is 9.94. The molecule has 0 aliphatic rings. The zero-order valence-corrected chi connectivity index (χ0v) is 15.6. The van der Waals surface area contributed by atoms with Crippen molar-refractivity contribution in [3.05, 3.63) is 71.2 Å². The fourth-order valence-corrected chi connectivity index (χ4v) is 3.22. The van der Waals surface area contributed by atoms with E-state index in [-0.39, 0.29) is 11.3 Å². The zero-order valence-electron chi connectivity index (χ0n) is 14.0. The molecule has 8 heteroatoms. The van der Waals surface area contributed by atoms with Gasteiger partial charge in [-0.2, -0.15) is 0 Å². The average Bonchev–Trinajstić information content (AvgIpc) is 2.63. The van der Waals surface area contributed by atoms with Gasteiger partial charge in [0, 0.05) is 16.3 Å². The Kier molecular flexibility index (Phi) is 5.34. The van der Waals surface area contributed by atoms with Gasteiger partial charge in [0.25, 0.3) is 5.91 Å². The smallest absolute Gasteiger partial charge is 0.250 e. The minimum absolute atomic E-state index is 0.210. The Labute approximate surface area is 162 Å². The molecule has 0 aromatic heterocycles. The highest BCUT2D eigenvalue weighted by molar-refractivity contribution is 7.73. The number of hydrogen-bond donors (Lipinski definition) is 4. The number of nitrogen functional groups attached to an aromatic ring is 1. The van der Waals surface area contributed by atoms with E-state index in [1.807, 2.05) is 18.2 Å². The highest BCUT2D eigenvalue weighted by Crippen LogP contribution is 2.35. The third-order valence-corrected chi connectivity index (χ3v) is 4.73. The molecule has 0 heterocycles. The van der Waals surface area contributed by atoms with Gasteiger partial charge in [0.05, 0.1) is 11.3 Å². The summed E-state index contributed by atoms with van der Waals surface area (Å²) in [6, 6.07) is 17.3. The largest absolute Gasteiger partial charge is 0.398 e. The van der Waals surface area contributed by atoms with E-state index in [4.69, 9.17) is 23.1 Å². The van der Waals surface area contributed by atoms with Gasteiger partial charge >= 0.3 is 0 Å². The van der Waals surface area contributed by atoms with Crippen molar-refractivity contribution in [3.63, 3.8) is 0 Å². The standard InChI is InChI=1S/C19H16ClN3O3S/c20-14-5-1-11(2-6-14)13-9-16(18(21)17(10-13)19(22)24)12-3-7-15(8-4-12)23-27(25)26/h1-10,27H,21H2,(H2,22,24)(H,23,25,26). The first-order valence-electron chi connectivity index (χ1n) is 7.86. The number of amides is 1. The van der Waals surface area contributed by atoms with E-state index in [1.54, 1.807) is 42.5 Å². The average molecular weight is 402 g/mol. The molecule has 5 N–H and O–H groups in total. The van der Waals surface area contributed by atoms with E-state index in [2.05, 4.69) is 4.72 Å². The molecule has 0 radical (unpaired) electrons. The monoisotopic (exact) mass is 401 g/mol. The van der Waals surface area contributed by atoms with E-state index in [1.165, 1.54) is 0 Å². The number of thiol groups is 1. The van der Waals surface area contributed by atoms with Gasteiger partial charge in [0.1, 0.15) is 0 Å². The Morgan fingerprint density at radius 1 is 0.889 bits per heavy atom. The van der Waals surface area contributed by atoms with Crippen molar-refractivity contribution in [1.82, 2.24) is 0 Å². The van der Waals surface area contributed by atoms with Crippen LogP contribution in [-0.4, -0.2) is 14.3 Å².